The molecule has 2 bridgehead atoms. The van der Waals surface area contributed by atoms with Gasteiger partial charge in [-0.15, -0.1) is 0 Å². The average molecular weight is 461 g/mol. The molecule has 2 N–H and O–H groups in total. The predicted molar refractivity (Wildman–Crippen MR) is 125 cm³/mol. The van der Waals surface area contributed by atoms with Gasteiger partial charge in [0.15, 0.2) is 11.5 Å². The fraction of sp³-hybridized carbons (Fsp3) is 0.407. The normalized spacial score (nSPS) is 29.8. The molecular weight excluding hydrogens is 432 g/mol. The number of hydrogen-bond donors (Lipinski definition) is 2. The first-order valence-corrected chi connectivity index (χ1v) is 11.6. The molecule has 34 heavy (non-hydrogen) atoms. The van der Waals surface area contributed by atoms with Crippen LogP contribution >= 0.6 is 0 Å². The smallest absolute Gasteiger partial charge is 0.300 e. The minimum atomic E-state index is -0.833. The molecule has 2 aliphatic carbocycles. The summed E-state index contributed by atoms with van der Waals surface area (Å²) >= 11 is 0. The van der Waals surface area contributed by atoms with Gasteiger partial charge < -0.3 is 24.6 Å². The molecule has 2 aromatic carbocycles. The van der Waals surface area contributed by atoms with Gasteiger partial charge in [0.05, 0.1) is 18.2 Å². The maximum Gasteiger partial charge on any atom is 0.300 e. The van der Waals surface area contributed by atoms with Gasteiger partial charge in [-0.2, -0.15) is 5.26 Å². The van der Waals surface area contributed by atoms with E-state index in [2.05, 4.69) is 36.2 Å². The summed E-state index contributed by atoms with van der Waals surface area (Å²) in [5.41, 5.74) is 4.07. The standard InChI is InChI=1S/C25H24N2O3.C2H4O2/c1-27-11-10-25-18-7-9-21(29-14-16-4-2-15(13-26)3-5-16)24(25)30-23-20(28)8-6-17(22(23)25)12-19(18)27;1-2(3)4/h2-9,18-19,21,24,28H,10-12,14H2,1H3;1H3,(H,3,4)/t18-,19+,21-,24-,25-;/m0./s1. The van der Waals surface area contributed by atoms with E-state index in [0.29, 0.717) is 29.9 Å². The molecule has 0 amide bonds. The monoisotopic (exact) mass is 460 g/mol. The number of likely N-dealkylation sites (N-methyl/N-ethyl adjacent to an activating group) is 1. The van der Waals surface area contributed by atoms with Crippen LogP contribution in [0.4, 0.5) is 0 Å². The molecule has 2 heterocycles. The van der Waals surface area contributed by atoms with Crippen molar-refractivity contribution in [3.8, 4) is 17.6 Å². The number of carboxylic acids is 1. The summed E-state index contributed by atoms with van der Waals surface area (Å²) in [7, 11) is 2.22. The van der Waals surface area contributed by atoms with Crippen LogP contribution in [0.1, 0.15) is 35.6 Å². The Labute approximate surface area is 198 Å². The number of hydrogen-bond acceptors (Lipinski definition) is 6. The molecule has 4 aliphatic rings. The molecule has 6 rings (SSSR count). The van der Waals surface area contributed by atoms with Crippen LogP contribution in [0, 0.1) is 17.2 Å². The van der Waals surface area contributed by atoms with Crippen LogP contribution in [-0.2, 0) is 28.0 Å². The van der Waals surface area contributed by atoms with Crippen molar-refractivity contribution in [3.63, 3.8) is 0 Å². The summed E-state index contributed by atoms with van der Waals surface area (Å²) in [6, 6.07) is 14.0. The average Bonchev–Trinajstić information content (AvgIpc) is 3.17. The quantitative estimate of drug-likeness (QED) is 0.677. The minimum Gasteiger partial charge on any atom is -0.504 e. The molecule has 0 aromatic heterocycles. The van der Waals surface area contributed by atoms with Crippen LogP contribution in [0.5, 0.6) is 11.5 Å². The van der Waals surface area contributed by atoms with Gasteiger partial charge in [0, 0.05) is 29.9 Å². The third-order valence-corrected chi connectivity index (χ3v) is 7.66. The second-order valence-electron chi connectivity index (χ2n) is 9.54. The first kappa shape index (κ1) is 22.5. The number of likely N-dealkylation sites (tertiary alicyclic amines) is 1. The summed E-state index contributed by atoms with van der Waals surface area (Å²) < 4.78 is 12.9. The van der Waals surface area contributed by atoms with Crippen molar-refractivity contribution >= 4 is 5.97 Å². The molecule has 1 saturated heterocycles. The van der Waals surface area contributed by atoms with Gasteiger partial charge in [-0.05, 0) is 55.8 Å². The summed E-state index contributed by atoms with van der Waals surface area (Å²) in [6.45, 7) is 2.56. The van der Waals surface area contributed by atoms with Crippen molar-refractivity contribution in [2.45, 2.75) is 50.0 Å². The molecular formula is C27H28N2O5. The number of rotatable bonds is 3. The van der Waals surface area contributed by atoms with E-state index in [4.69, 9.17) is 24.6 Å². The van der Waals surface area contributed by atoms with E-state index in [1.165, 1.54) is 11.1 Å². The van der Waals surface area contributed by atoms with Crippen molar-refractivity contribution in [2.24, 2.45) is 5.92 Å². The van der Waals surface area contributed by atoms with E-state index in [1.54, 1.807) is 6.07 Å². The number of carboxylic acid groups (broad SMARTS) is 1. The number of carbonyl (C=O) groups is 1. The highest BCUT2D eigenvalue weighted by atomic mass is 16.5. The number of phenols is 1. The molecule has 5 atom stereocenters. The van der Waals surface area contributed by atoms with E-state index >= 15 is 0 Å². The molecule has 176 valence electrons. The number of aliphatic carboxylic acids is 1. The zero-order valence-corrected chi connectivity index (χ0v) is 19.3. The molecule has 0 saturated carbocycles. The minimum absolute atomic E-state index is 0.135. The molecule has 0 radical (unpaired) electrons. The summed E-state index contributed by atoms with van der Waals surface area (Å²) in [5, 5.41) is 27.0. The zero-order chi connectivity index (χ0) is 24.0. The van der Waals surface area contributed by atoms with Gasteiger partial charge >= 0.3 is 0 Å². The van der Waals surface area contributed by atoms with E-state index in [-0.39, 0.29) is 23.4 Å². The summed E-state index contributed by atoms with van der Waals surface area (Å²) in [6.07, 6.45) is 6.18. The van der Waals surface area contributed by atoms with Gasteiger partial charge in [0.2, 0.25) is 0 Å². The number of nitrogens with zero attached hydrogens (tertiary/aromatic N) is 2. The first-order valence-electron chi connectivity index (χ1n) is 11.6. The highest BCUT2D eigenvalue weighted by molar-refractivity contribution is 5.63. The van der Waals surface area contributed by atoms with Crippen LogP contribution in [0.15, 0.2) is 48.6 Å². The fourth-order valence-corrected chi connectivity index (χ4v) is 6.23. The molecule has 1 fully saturated rings. The van der Waals surface area contributed by atoms with Crippen LogP contribution in [0.3, 0.4) is 0 Å². The number of nitriles is 1. The largest absolute Gasteiger partial charge is 0.504 e. The second-order valence-corrected chi connectivity index (χ2v) is 9.54. The number of benzene rings is 2. The Bertz CT molecular complexity index is 1180. The van der Waals surface area contributed by atoms with Gasteiger partial charge in [-0.25, -0.2) is 0 Å². The molecule has 7 nitrogen and oxygen atoms in total. The van der Waals surface area contributed by atoms with Crippen molar-refractivity contribution in [2.75, 3.05) is 13.6 Å². The molecule has 1 spiro atoms. The van der Waals surface area contributed by atoms with Crippen LogP contribution in [0.25, 0.3) is 0 Å². The first-order chi connectivity index (χ1) is 16.3. The number of aromatic hydroxyl groups is 1. The number of ether oxygens (including phenoxy) is 2. The lowest BCUT2D eigenvalue weighted by Gasteiger charge is -2.56. The van der Waals surface area contributed by atoms with Gasteiger partial charge in [-0.3, -0.25) is 4.79 Å². The van der Waals surface area contributed by atoms with E-state index in [0.717, 1.165) is 31.9 Å². The highest BCUT2D eigenvalue weighted by Gasteiger charge is 2.64. The van der Waals surface area contributed by atoms with Gasteiger partial charge in [-0.1, -0.05) is 30.4 Å². The lowest BCUT2D eigenvalue weighted by atomic mass is 9.53. The third kappa shape index (κ3) is 3.46. The molecule has 2 aliphatic heterocycles. The Morgan fingerprint density at radius 3 is 2.71 bits per heavy atom. The van der Waals surface area contributed by atoms with Gasteiger partial charge in [0.25, 0.3) is 5.97 Å². The Morgan fingerprint density at radius 2 is 2.00 bits per heavy atom. The lowest BCUT2D eigenvalue weighted by Crippen LogP contribution is -2.65. The van der Waals surface area contributed by atoms with Crippen LogP contribution < -0.4 is 4.74 Å². The predicted octanol–water partition coefficient (Wildman–Crippen LogP) is 3.39. The van der Waals surface area contributed by atoms with Gasteiger partial charge in [0.1, 0.15) is 12.2 Å². The molecule has 7 heteroatoms. The van der Waals surface area contributed by atoms with Crippen LogP contribution in [0.2, 0.25) is 0 Å². The topological polar surface area (TPSA) is 103 Å². The number of piperidine rings is 1. The lowest BCUT2D eigenvalue weighted by molar-refractivity contribution is -0.134. The Hall–Kier alpha value is -3.34. The maximum absolute atomic E-state index is 10.6. The zero-order valence-electron chi connectivity index (χ0n) is 19.3. The summed E-state index contributed by atoms with van der Waals surface area (Å²) in [5.74, 6) is 0.437. The van der Waals surface area contributed by atoms with E-state index in [9.17, 15) is 5.11 Å². The van der Waals surface area contributed by atoms with Crippen molar-refractivity contribution in [1.82, 2.24) is 4.90 Å². The van der Waals surface area contributed by atoms with Crippen LogP contribution in [-0.4, -0.2) is 52.9 Å². The van der Waals surface area contributed by atoms with E-state index in [1.807, 2.05) is 24.3 Å². The number of phenolic OH excluding ortho intramolecular Hbond substituents is 1. The maximum atomic E-state index is 10.6. The highest BCUT2D eigenvalue weighted by Crippen LogP contribution is 2.62. The SMILES string of the molecule is CC(=O)O.CN1CC[C@]23c4c5ccc(O)c4O[C@H]2[C@@H](OCc2ccc(C#N)cc2)C=C[C@H]3[C@H]1C5. The Morgan fingerprint density at radius 1 is 1.26 bits per heavy atom. The van der Waals surface area contributed by atoms with Crippen molar-refractivity contribution < 1.29 is 24.5 Å². The Kier molecular flexibility index (Phi) is 5.59. The van der Waals surface area contributed by atoms with Crippen molar-refractivity contribution in [3.05, 3.63) is 70.8 Å². The summed E-state index contributed by atoms with van der Waals surface area (Å²) in [4.78, 5) is 11.5. The third-order valence-electron chi connectivity index (χ3n) is 7.66. The fourth-order valence-electron chi connectivity index (χ4n) is 6.23. The second kappa shape index (κ2) is 8.46. The van der Waals surface area contributed by atoms with E-state index < -0.39 is 5.97 Å². The Balaban J connectivity index is 0.000000560. The molecule has 0 unspecified atom stereocenters. The molecule has 2 aromatic rings. The van der Waals surface area contributed by atoms with Crippen molar-refractivity contribution in [1.29, 1.82) is 5.26 Å².